The van der Waals surface area contributed by atoms with Crippen LogP contribution in [0.2, 0.25) is 0 Å². The number of sulfonamides is 1. The molecule has 0 spiro atoms. The number of para-hydroxylation sites is 1. The zero-order valence-corrected chi connectivity index (χ0v) is 10.6. The summed E-state index contributed by atoms with van der Waals surface area (Å²) in [5, 5.41) is 8.99. The lowest BCUT2D eigenvalue weighted by Crippen LogP contribution is -2.30. The maximum atomic E-state index is 11.8. The topological polar surface area (TPSA) is 74.7 Å². The molecule has 5 nitrogen and oxygen atoms in total. The molecule has 0 aliphatic heterocycles. The molecular weight excluding hydrogens is 242 g/mol. The van der Waals surface area contributed by atoms with Gasteiger partial charge in [-0.2, -0.15) is 0 Å². The summed E-state index contributed by atoms with van der Waals surface area (Å²) in [6.07, 6.45) is 0.488. The van der Waals surface area contributed by atoms with Crippen molar-refractivity contribution >= 4 is 21.7 Å². The standard InChI is InChI=1S/C11H15NO4S/c1-3-8-17(15,16)12(2)10-7-5-4-6-9(10)11(13)14/h4-7H,3,8H2,1-2H3,(H,13,14). The number of hydrogen-bond acceptors (Lipinski definition) is 3. The van der Waals surface area contributed by atoms with Crippen molar-refractivity contribution in [3.8, 4) is 0 Å². The van der Waals surface area contributed by atoms with Crippen LogP contribution in [0.1, 0.15) is 23.7 Å². The van der Waals surface area contributed by atoms with Crippen molar-refractivity contribution in [3.63, 3.8) is 0 Å². The Hall–Kier alpha value is -1.56. The summed E-state index contributed by atoms with van der Waals surface area (Å²) in [5.41, 5.74) is 0.170. The molecule has 1 aromatic carbocycles. The van der Waals surface area contributed by atoms with E-state index in [0.717, 1.165) is 4.31 Å². The Morgan fingerprint density at radius 1 is 1.35 bits per heavy atom. The van der Waals surface area contributed by atoms with Gasteiger partial charge in [-0.25, -0.2) is 13.2 Å². The van der Waals surface area contributed by atoms with E-state index in [4.69, 9.17) is 5.11 Å². The Morgan fingerprint density at radius 3 is 2.47 bits per heavy atom. The number of benzene rings is 1. The van der Waals surface area contributed by atoms with Gasteiger partial charge in [-0.3, -0.25) is 4.31 Å². The molecule has 0 atom stereocenters. The molecule has 0 saturated carbocycles. The molecular formula is C11H15NO4S. The van der Waals surface area contributed by atoms with Gasteiger partial charge in [-0.15, -0.1) is 0 Å². The van der Waals surface area contributed by atoms with Gasteiger partial charge >= 0.3 is 5.97 Å². The molecule has 0 radical (unpaired) electrons. The predicted molar refractivity (Wildman–Crippen MR) is 65.9 cm³/mol. The minimum atomic E-state index is -3.45. The van der Waals surface area contributed by atoms with Crippen molar-refractivity contribution in [1.82, 2.24) is 0 Å². The Kier molecular flexibility index (Phi) is 4.11. The van der Waals surface area contributed by atoms with E-state index in [2.05, 4.69) is 0 Å². The van der Waals surface area contributed by atoms with Gasteiger partial charge in [0.15, 0.2) is 0 Å². The highest BCUT2D eigenvalue weighted by Gasteiger charge is 2.21. The quantitative estimate of drug-likeness (QED) is 0.868. The molecule has 94 valence electrons. The molecule has 1 aromatic rings. The van der Waals surface area contributed by atoms with Gasteiger partial charge in [0.1, 0.15) is 0 Å². The van der Waals surface area contributed by atoms with Gasteiger partial charge in [-0.1, -0.05) is 19.1 Å². The molecule has 0 bridgehead atoms. The lowest BCUT2D eigenvalue weighted by atomic mass is 10.2. The number of anilines is 1. The number of rotatable bonds is 5. The van der Waals surface area contributed by atoms with Crippen molar-refractivity contribution in [3.05, 3.63) is 29.8 Å². The van der Waals surface area contributed by atoms with E-state index in [1.165, 1.54) is 19.2 Å². The second kappa shape index (κ2) is 5.18. The van der Waals surface area contributed by atoms with E-state index in [9.17, 15) is 13.2 Å². The van der Waals surface area contributed by atoms with Crippen molar-refractivity contribution in [2.45, 2.75) is 13.3 Å². The number of nitrogens with zero attached hydrogens (tertiary/aromatic N) is 1. The fraction of sp³-hybridized carbons (Fsp3) is 0.364. The monoisotopic (exact) mass is 257 g/mol. The van der Waals surface area contributed by atoms with Crippen LogP contribution in [0.4, 0.5) is 5.69 Å². The first-order valence-electron chi connectivity index (χ1n) is 5.19. The summed E-state index contributed by atoms with van der Waals surface area (Å²) in [7, 11) is -2.08. The van der Waals surface area contributed by atoms with Gasteiger partial charge in [0.2, 0.25) is 10.0 Å². The summed E-state index contributed by atoms with van der Waals surface area (Å²) in [6, 6.07) is 6.04. The van der Waals surface area contributed by atoms with Crippen molar-refractivity contribution < 1.29 is 18.3 Å². The number of aromatic carboxylic acids is 1. The smallest absolute Gasteiger partial charge is 0.337 e. The minimum absolute atomic E-state index is 0.00253. The van der Waals surface area contributed by atoms with Crippen LogP contribution in [0.25, 0.3) is 0 Å². The Morgan fingerprint density at radius 2 is 1.94 bits per heavy atom. The Labute approximate surface area is 101 Å². The first kappa shape index (κ1) is 13.5. The fourth-order valence-corrected chi connectivity index (χ4v) is 2.72. The SMILES string of the molecule is CCCS(=O)(=O)N(C)c1ccccc1C(=O)O. The number of carbonyl (C=O) groups is 1. The predicted octanol–water partition coefficient (Wildman–Crippen LogP) is 1.56. The maximum Gasteiger partial charge on any atom is 0.337 e. The molecule has 0 heterocycles. The van der Waals surface area contributed by atoms with E-state index in [0.29, 0.717) is 6.42 Å². The van der Waals surface area contributed by atoms with Crippen LogP contribution in [-0.2, 0) is 10.0 Å². The molecule has 1 N–H and O–H groups in total. The van der Waals surface area contributed by atoms with Crippen LogP contribution >= 0.6 is 0 Å². The van der Waals surface area contributed by atoms with Crippen molar-refractivity contribution in [2.24, 2.45) is 0 Å². The first-order chi connectivity index (χ1) is 7.90. The average molecular weight is 257 g/mol. The summed E-state index contributed by atoms with van der Waals surface area (Å²) >= 11 is 0. The molecule has 0 saturated heterocycles. The molecule has 0 amide bonds. The van der Waals surface area contributed by atoms with E-state index in [-0.39, 0.29) is 17.0 Å². The van der Waals surface area contributed by atoms with E-state index in [1.54, 1.807) is 19.1 Å². The second-order valence-corrected chi connectivity index (χ2v) is 5.73. The zero-order valence-electron chi connectivity index (χ0n) is 9.75. The van der Waals surface area contributed by atoms with Gasteiger partial charge in [0, 0.05) is 7.05 Å². The molecule has 0 aromatic heterocycles. The van der Waals surface area contributed by atoms with E-state index in [1.807, 2.05) is 0 Å². The number of carboxylic acid groups (broad SMARTS) is 1. The van der Waals surface area contributed by atoms with Gasteiger partial charge < -0.3 is 5.11 Å². The van der Waals surface area contributed by atoms with E-state index >= 15 is 0 Å². The minimum Gasteiger partial charge on any atom is -0.478 e. The second-order valence-electron chi connectivity index (χ2n) is 3.61. The maximum absolute atomic E-state index is 11.8. The highest BCUT2D eigenvalue weighted by atomic mass is 32.2. The van der Waals surface area contributed by atoms with Crippen molar-refractivity contribution in [2.75, 3.05) is 17.1 Å². The largest absolute Gasteiger partial charge is 0.478 e. The third-order valence-electron chi connectivity index (χ3n) is 2.35. The van der Waals surface area contributed by atoms with Crippen LogP contribution < -0.4 is 4.31 Å². The molecule has 17 heavy (non-hydrogen) atoms. The Balaban J connectivity index is 3.21. The average Bonchev–Trinajstić information content (AvgIpc) is 2.28. The van der Waals surface area contributed by atoms with Crippen LogP contribution in [0, 0.1) is 0 Å². The van der Waals surface area contributed by atoms with Crippen LogP contribution in [0.5, 0.6) is 0 Å². The molecule has 6 heteroatoms. The molecule has 0 aliphatic rings. The summed E-state index contributed by atoms with van der Waals surface area (Å²) < 4.78 is 24.7. The fourth-order valence-electron chi connectivity index (χ4n) is 1.47. The number of hydrogen-bond donors (Lipinski definition) is 1. The molecule has 0 aliphatic carbocycles. The van der Waals surface area contributed by atoms with Crippen LogP contribution in [0.3, 0.4) is 0 Å². The third kappa shape index (κ3) is 2.97. The third-order valence-corrected chi connectivity index (χ3v) is 4.31. The highest BCUT2D eigenvalue weighted by molar-refractivity contribution is 7.92. The summed E-state index contributed by atoms with van der Waals surface area (Å²) in [4.78, 5) is 11.0. The Bertz CT molecular complexity index is 510. The lowest BCUT2D eigenvalue weighted by Gasteiger charge is -2.20. The lowest BCUT2D eigenvalue weighted by molar-refractivity contribution is 0.0698. The van der Waals surface area contributed by atoms with Crippen LogP contribution in [0.15, 0.2) is 24.3 Å². The van der Waals surface area contributed by atoms with E-state index < -0.39 is 16.0 Å². The molecule has 0 unspecified atom stereocenters. The van der Waals surface area contributed by atoms with Crippen molar-refractivity contribution in [1.29, 1.82) is 0 Å². The zero-order chi connectivity index (χ0) is 13.1. The van der Waals surface area contributed by atoms with Gasteiger partial charge in [-0.05, 0) is 18.6 Å². The highest BCUT2D eigenvalue weighted by Crippen LogP contribution is 2.22. The normalized spacial score (nSPS) is 11.2. The van der Waals surface area contributed by atoms with Crippen LogP contribution in [-0.4, -0.2) is 32.3 Å². The molecule has 1 rings (SSSR count). The number of carboxylic acids is 1. The molecule has 0 fully saturated rings. The first-order valence-corrected chi connectivity index (χ1v) is 6.80. The van der Waals surface area contributed by atoms with Gasteiger partial charge in [0.05, 0.1) is 17.0 Å². The summed E-state index contributed by atoms with van der Waals surface area (Å²) in [6.45, 7) is 1.76. The van der Waals surface area contributed by atoms with Gasteiger partial charge in [0.25, 0.3) is 0 Å². The summed E-state index contributed by atoms with van der Waals surface area (Å²) in [5.74, 6) is -1.14.